The van der Waals surface area contributed by atoms with E-state index in [4.69, 9.17) is 0 Å². The van der Waals surface area contributed by atoms with Gasteiger partial charge in [-0.15, -0.1) is 0 Å². The van der Waals surface area contributed by atoms with E-state index in [1.54, 1.807) is 0 Å². The Morgan fingerprint density at radius 1 is 1.26 bits per heavy atom. The molecule has 0 aliphatic carbocycles. The predicted molar refractivity (Wildman–Crippen MR) is 79.5 cm³/mol. The number of anilines is 2. The highest BCUT2D eigenvalue weighted by Gasteiger charge is 2.21. The van der Waals surface area contributed by atoms with Crippen molar-refractivity contribution in [2.75, 3.05) is 23.7 Å². The highest BCUT2D eigenvalue weighted by molar-refractivity contribution is 5.47. The van der Waals surface area contributed by atoms with E-state index in [9.17, 15) is 5.11 Å². The van der Waals surface area contributed by atoms with Gasteiger partial charge in [-0.05, 0) is 33.1 Å². The molecular formula is C14H26N4O. The molecule has 1 aromatic rings. The molecular weight excluding hydrogens is 240 g/mol. The van der Waals surface area contributed by atoms with Gasteiger partial charge in [0.05, 0.1) is 5.60 Å². The molecule has 0 radical (unpaired) electrons. The molecule has 1 rings (SSSR count). The van der Waals surface area contributed by atoms with Crippen LogP contribution in [0.25, 0.3) is 0 Å². The Balaban J connectivity index is 2.66. The molecule has 0 saturated carbocycles. The molecule has 0 spiro atoms. The fraction of sp³-hybridized carbons (Fsp3) is 0.714. The molecule has 3 N–H and O–H groups in total. The van der Waals surface area contributed by atoms with Gasteiger partial charge >= 0.3 is 0 Å². The molecule has 19 heavy (non-hydrogen) atoms. The molecule has 1 unspecified atom stereocenters. The van der Waals surface area contributed by atoms with E-state index in [-0.39, 0.29) is 0 Å². The number of rotatable bonds is 7. The van der Waals surface area contributed by atoms with Gasteiger partial charge in [-0.25, -0.2) is 9.97 Å². The average Bonchev–Trinajstić information content (AvgIpc) is 2.24. The number of hydrogen-bond acceptors (Lipinski definition) is 5. The minimum atomic E-state index is -0.731. The number of aromatic nitrogens is 2. The van der Waals surface area contributed by atoms with Crippen LogP contribution in [-0.4, -0.2) is 33.8 Å². The fourth-order valence-corrected chi connectivity index (χ4v) is 2.16. The Morgan fingerprint density at radius 2 is 1.84 bits per heavy atom. The Morgan fingerprint density at radius 3 is 2.37 bits per heavy atom. The van der Waals surface area contributed by atoms with Crippen LogP contribution in [0.2, 0.25) is 0 Å². The maximum absolute atomic E-state index is 10.3. The van der Waals surface area contributed by atoms with Crippen LogP contribution in [-0.2, 0) is 0 Å². The van der Waals surface area contributed by atoms with Gasteiger partial charge in [-0.2, -0.15) is 0 Å². The van der Waals surface area contributed by atoms with Gasteiger partial charge in [0.1, 0.15) is 17.5 Å². The molecule has 0 amide bonds. The number of nitrogens with one attached hydrogen (secondary N) is 2. The number of aryl methyl sites for hydroxylation is 1. The summed E-state index contributed by atoms with van der Waals surface area (Å²) < 4.78 is 0. The molecule has 1 atom stereocenters. The number of hydrogen-bond donors (Lipinski definition) is 3. The van der Waals surface area contributed by atoms with E-state index >= 15 is 0 Å². The van der Waals surface area contributed by atoms with Crippen molar-refractivity contribution in [3.05, 3.63) is 11.9 Å². The molecule has 0 saturated heterocycles. The van der Waals surface area contributed by atoms with E-state index in [0.717, 1.165) is 24.6 Å². The quantitative estimate of drug-likeness (QED) is 0.707. The summed E-state index contributed by atoms with van der Waals surface area (Å²) in [6, 6.07) is 1.86. The summed E-state index contributed by atoms with van der Waals surface area (Å²) >= 11 is 0. The monoisotopic (exact) mass is 266 g/mol. The third-order valence-electron chi connectivity index (χ3n) is 2.69. The second kappa shape index (κ2) is 6.70. The molecule has 1 heterocycles. The minimum Gasteiger partial charge on any atom is -0.388 e. The Bertz CT molecular complexity index is 404. The zero-order valence-corrected chi connectivity index (χ0v) is 12.6. The first-order valence-electron chi connectivity index (χ1n) is 6.88. The summed E-state index contributed by atoms with van der Waals surface area (Å²) in [6.07, 6.45) is 0.754. The third-order valence-corrected chi connectivity index (χ3v) is 2.69. The van der Waals surface area contributed by atoms with E-state index in [1.165, 1.54) is 0 Å². The predicted octanol–water partition coefficient (Wildman–Crippen LogP) is 2.43. The van der Waals surface area contributed by atoms with Crippen LogP contribution < -0.4 is 10.6 Å². The van der Waals surface area contributed by atoms with Crippen molar-refractivity contribution in [2.45, 2.75) is 46.6 Å². The van der Waals surface area contributed by atoms with Crippen LogP contribution in [0.5, 0.6) is 0 Å². The molecule has 1 aromatic heterocycles. The average molecular weight is 266 g/mol. The number of aliphatic hydroxyl groups is 1. The van der Waals surface area contributed by atoms with Gasteiger partial charge in [0.2, 0.25) is 0 Å². The third kappa shape index (κ3) is 5.87. The minimum absolute atomic E-state index is 0.459. The van der Waals surface area contributed by atoms with E-state index in [2.05, 4.69) is 34.4 Å². The van der Waals surface area contributed by atoms with Crippen LogP contribution in [0.15, 0.2) is 6.07 Å². The second-order valence-electron chi connectivity index (χ2n) is 5.66. The van der Waals surface area contributed by atoms with E-state index < -0.39 is 5.60 Å². The van der Waals surface area contributed by atoms with Crippen LogP contribution in [0.1, 0.15) is 39.9 Å². The molecule has 0 aliphatic heterocycles. The standard InChI is InChI=1S/C14H26N4O/c1-6-15-12-7-13(18-11(4)17-12)16-9-14(5,19)8-10(2)3/h7,10,19H,6,8-9H2,1-5H3,(H2,15,16,17,18). The highest BCUT2D eigenvalue weighted by atomic mass is 16.3. The smallest absolute Gasteiger partial charge is 0.131 e. The maximum Gasteiger partial charge on any atom is 0.131 e. The van der Waals surface area contributed by atoms with Gasteiger partial charge in [-0.3, -0.25) is 0 Å². The zero-order chi connectivity index (χ0) is 14.5. The largest absolute Gasteiger partial charge is 0.388 e. The van der Waals surface area contributed by atoms with Crippen LogP contribution in [0.3, 0.4) is 0 Å². The summed E-state index contributed by atoms with van der Waals surface area (Å²) in [4.78, 5) is 8.62. The van der Waals surface area contributed by atoms with Gasteiger partial charge in [-0.1, -0.05) is 13.8 Å². The Kier molecular flexibility index (Phi) is 5.54. The Hall–Kier alpha value is -1.36. The van der Waals surface area contributed by atoms with Gasteiger partial charge in [0.15, 0.2) is 0 Å². The zero-order valence-electron chi connectivity index (χ0n) is 12.6. The van der Waals surface area contributed by atoms with Crippen molar-refractivity contribution in [1.29, 1.82) is 0 Å². The summed E-state index contributed by atoms with van der Waals surface area (Å²) in [7, 11) is 0. The SMILES string of the molecule is CCNc1cc(NCC(C)(O)CC(C)C)nc(C)n1. The van der Waals surface area contributed by atoms with E-state index in [0.29, 0.717) is 18.3 Å². The van der Waals surface area contributed by atoms with Crippen LogP contribution in [0, 0.1) is 12.8 Å². The topological polar surface area (TPSA) is 70.1 Å². The lowest BCUT2D eigenvalue weighted by Crippen LogP contribution is -2.35. The molecule has 0 fully saturated rings. The van der Waals surface area contributed by atoms with Crippen molar-refractivity contribution in [2.24, 2.45) is 5.92 Å². The summed E-state index contributed by atoms with van der Waals surface area (Å²) in [5.74, 6) is 2.72. The first-order chi connectivity index (χ1) is 8.82. The summed E-state index contributed by atoms with van der Waals surface area (Å²) in [5, 5.41) is 16.6. The first-order valence-corrected chi connectivity index (χ1v) is 6.88. The highest BCUT2D eigenvalue weighted by Crippen LogP contribution is 2.18. The lowest BCUT2D eigenvalue weighted by molar-refractivity contribution is 0.0514. The van der Waals surface area contributed by atoms with Gasteiger partial charge in [0, 0.05) is 19.2 Å². The Labute approximate surface area is 115 Å². The normalized spacial score (nSPS) is 14.3. The van der Waals surface area contributed by atoms with Crippen LogP contribution >= 0.6 is 0 Å². The van der Waals surface area contributed by atoms with E-state index in [1.807, 2.05) is 26.8 Å². The summed E-state index contributed by atoms with van der Waals surface area (Å²) in [6.45, 7) is 11.2. The molecule has 108 valence electrons. The molecule has 0 bridgehead atoms. The van der Waals surface area contributed by atoms with Crippen molar-refractivity contribution in [3.63, 3.8) is 0 Å². The summed E-state index contributed by atoms with van der Waals surface area (Å²) in [5.41, 5.74) is -0.731. The molecule has 5 heteroatoms. The molecule has 0 aliphatic rings. The first kappa shape index (κ1) is 15.7. The second-order valence-corrected chi connectivity index (χ2v) is 5.66. The van der Waals surface area contributed by atoms with Crippen molar-refractivity contribution in [3.8, 4) is 0 Å². The van der Waals surface area contributed by atoms with Crippen molar-refractivity contribution < 1.29 is 5.11 Å². The fourth-order valence-electron chi connectivity index (χ4n) is 2.16. The lowest BCUT2D eigenvalue weighted by Gasteiger charge is -2.26. The number of nitrogens with zero attached hydrogens (tertiary/aromatic N) is 2. The van der Waals surface area contributed by atoms with Crippen molar-refractivity contribution >= 4 is 11.6 Å². The van der Waals surface area contributed by atoms with Gasteiger partial charge < -0.3 is 15.7 Å². The van der Waals surface area contributed by atoms with Crippen molar-refractivity contribution in [1.82, 2.24) is 9.97 Å². The lowest BCUT2D eigenvalue weighted by atomic mass is 9.94. The van der Waals surface area contributed by atoms with Crippen LogP contribution in [0.4, 0.5) is 11.6 Å². The molecule has 0 aromatic carbocycles. The molecule has 5 nitrogen and oxygen atoms in total. The maximum atomic E-state index is 10.3. The van der Waals surface area contributed by atoms with Gasteiger partial charge in [0.25, 0.3) is 0 Å².